The number of methoxy groups -OCH3 is 1. The number of halogens is 3. The van der Waals surface area contributed by atoms with Crippen molar-refractivity contribution in [1.82, 2.24) is 10.2 Å². The Morgan fingerprint density at radius 2 is 1.74 bits per heavy atom. The van der Waals surface area contributed by atoms with Gasteiger partial charge in [-0.2, -0.15) is 0 Å². The summed E-state index contributed by atoms with van der Waals surface area (Å²) >= 11 is 0. The summed E-state index contributed by atoms with van der Waals surface area (Å²) in [4.78, 5) is 38.5. The number of rotatable bonds is 7. The van der Waals surface area contributed by atoms with Gasteiger partial charge in [-0.15, -0.1) is 0 Å². The summed E-state index contributed by atoms with van der Waals surface area (Å²) < 4.78 is 45.8. The Labute approximate surface area is 198 Å². The van der Waals surface area contributed by atoms with Gasteiger partial charge in [0, 0.05) is 12.1 Å². The van der Waals surface area contributed by atoms with Crippen molar-refractivity contribution in [2.75, 3.05) is 13.7 Å². The molecule has 0 aromatic heterocycles. The number of ether oxygens (including phenoxy) is 1. The minimum Gasteiger partial charge on any atom is -0.497 e. The molecule has 3 aromatic carbocycles. The SMILES string of the molecule is COc1ccc2c(c1)CN(CC(C=O)(NC(N)=O)c1ccc(-c3cc(F)c(F)c(F)c3)cc1)C2=O. The maximum absolute atomic E-state index is 13.6. The number of nitrogens with one attached hydrogen (secondary N) is 1. The third-order valence-corrected chi connectivity index (χ3v) is 5.90. The molecule has 10 heteroatoms. The van der Waals surface area contributed by atoms with Gasteiger partial charge in [0.1, 0.15) is 11.3 Å². The minimum atomic E-state index is -1.70. The minimum absolute atomic E-state index is 0.0756. The van der Waals surface area contributed by atoms with Gasteiger partial charge in [0.05, 0.1) is 13.7 Å². The van der Waals surface area contributed by atoms with Crippen LogP contribution in [0.5, 0.6) is 5.75 Å². The zero-order chi connectivity index (χ0) is 25.3. The third kappa shape index (κ3) is 4.42. The molecule has 0 aliphatic carbocycles. The van der Waals surface area contributed by atoms with Gasteiger partial charge in [0.2, 0.25) is 0 Å². The first-order chi connectivity index (χ1) is 16.7. The fraction of sp³-hybridized carbons (Fsp3) is 0.160. The molecular weight excluding hydrogens is 463 g/mol. The van der Waals surface area contributed by atoms with Crippen LogP contribution in [0.15, 0.2) is 54.6 Å². The van der Waals surface area contributed by atoms with Crippen LogP contribution in [-0.2, 0) is 16.9 Å². The van der Waals surface area contributed by atoms with Gasteiger partial charge in [-0.3, -0.25) is 4.79 Å². The number of benzene rings is 3. The number of aldehydes is 1. The molecule has 0 saturated carbocycles. The summed E-state index contributed by atoms with van der Waals surface area (Å²) in [6.45, 7) is -0.0535. The first-order valence-electron chi connectivity index (χ1n) is 10.4. The second kappa shape index (κ2) is 9.13. The zero-order valence-electron chi connectivity index (χ0n) is 18.5. The van der Waals surface area contributed by atoms with E-state index in [-0.39, 0.29) is 30.1 Å². The maximum Gasteiger partial charge on any atom is 0.313 e. The Balaban J connectivity index is 1.67. The predicted molar refractivity (Wildman–Crippen MR) is 120 cm³/mol. The molecule has 35 heavy (non-hydrogen) atoms. The standard InChI is InChI=1S/C25H20F3N3O4/c1-35-18-6-7-19-16(8-18)11-31(23(19)33)12-25(13-32,30-24(29)34)17-4-2-14(3-5-17)15-9-20(26)22(28)21(27)10-15/h2-10,13H,11-12H2,1H3,(H3,29,30,34). The van der Waals surface area contributed by atoms with Crippen LogP contribution >= 0.6 is 0 Å². The number of urea groups is 1. The molecular formula is C25H20F3N3O4. The first-order valence-corrected chi connectivity index (χ1v) is 10.4. The van der Waals surface area contributed by atoms with E-state index in [2.05, 4.69) is 5.32 Å². The fourth-order valence-electron chi connectivity index (χ4n) is 4.15. The molecule has 180 valence electrons. The van der Waals surface area contributed by atoms with Crippen LogP contribution in [0.25, 0.3) is 11.1 Å². The van der Waals surface area contributed by atoms with E-state index in [1.165, 1.54) is 36.3 Å². The van der Waals surface area contributed by atoms with E-state index in [4.69, 9.17) is 10.5 Å². The van der Waals surface area contributed by atoms with Crippen LogP contribution in [0.3, 0.4) is 0 Å². The Hall–Kier alpha value is -4.34. The van der Waals surface area contributed by atoms with Crippen molar-refractivity contribution >= 4 is 18.2 Å². The Kier molecular flexibility index (Phi) is 6.21. The van der Waals surface area contributed by atoms with Crippen LogP contribution in [0.4, 0.5) is 18.0 Å². The molecule has 0 fully saturated rings. The fourth-order valence-corrected chi connectivity index (χ4v) is 4.15. The van der Waals surface area contributed by atoms with Gasteiger partial charge >= 0.3 is 6.03 Å². The highest BCUT2D eigenvalue weighted by Gasteiger charge is 2.40. The van der Waals surface area contributed by atoms with E-state index in [1.807, 2.05) is 0 Å². The van der Waals surface area contributed by atoms with Gasteiger partial charge in [0.15, 0.2) is 23.7 Å². The molecule has 1 heterocycles. The van der Waals surface area contributed by atoms with E-state index >= 15 is 0 Å². The molecule has 0 bridgehead atoms. The van der Waals surface area contributed by atoms with Crippen LogP contribution in [0.2, 0.25) is 0 Å². The molecule has 0 spiro atoms. The number of carbonyl (C=O) groups excluding carboxylic acids is 3. The maximum atomic E-state index is 13.6. The van der Waals surface area contributed by atoms with Crippen LogP contribution in [0.1, 0.15) is 21.5 Å². The van der Waals surface area contributed by atoms with E-state index < -0.39 is 29.0 Å². The van der Waals surface area contributed by atoms with Gasteiger partial charge in [-0.1, -0.05) is 24.3 Å². The highest BCUT2D eigenvalue weighted by molar-refractivity contribution is 5.99. The molecule has 1 aliphatic rings. The summed E-state index contributed by atoms with van der Waals surface area (Å²) in [5.74, 6) is -4.03. The number of hydrogen-bond acceptors (Lipinski definition) is 4. The van der Waals surface area contributed by atoms with E-state index in [0.717, 1.165) is 12.1 Å². The topological polar surface area (TPSA) is 102 Å². The molecule has 1 unspecified atom stereocenters. The van der Waals surface area contributed by atoms with Crippen molar-refractivity contribution in [1.29, 1.82) is 0 Å². The average Bonchev–Trinajstić information content (AvgIpc) is 3.15. The highest BCUT2D eigenvalue weighted by atomic mass is 19.2. The predicted octanol–water partition coefficient (Wildman–Crippen LogP) is 3.50. The number of amides is 3. The Morgan fingerprint density at radius 3 is 2.31 bits per heavy atom. The lowest BCUT2D eigenvalue weighted by molar-refractivity contribution is -0.113. The quantitative estimate of drug-likeness (QED) is 0.397. The number of nitrogens with zero attached hydrogens (tertiary/aromatic N) is 1. The molecule has 0 saturated heterocycles. The van der Waals surface area contributed by atoms with Crippen molar-refractivity contribution in [3.05, 3.63) is 88.7 Å². The van der Waals surface area contributed by atoms with E-state index in [9.17, 15) is 27.6 Å². The largest absolute Gasteiger partial charge is 0.497 e. The van der Waals surface area contributed by atoms with Crippen molar-refractivity contribution in [2.45, 2.75) is 12.1 Å². The molecule has 7 nitrogen and oxygen atoms in total. The molecule has 0 radical (unpaired) electrons. The van der Waals surface area contributed by atoms with Gasteiger partial charge < -0.3 is 25.5 Å². The summed E-state index contributed by atoms with van der Waals surface area (Å²) in [7, 11) is 1.50. The van der Waals surface area contributed by atoms with Crippen LogP contribution < -0.4 is 15.8 Å². The molecule has 4 rings (SSSR count). The molecule has 1 aliphatic heterocycles. The zero-order valence-corrected chi connectivity index (χ0v) is 18.5. The number of nitrogens with two attached hydrogens (primary N) is 1. The number of carbonyl (C=O) groups is 3. The average molecular weight is 483 g/mol. The van der Waals surface area contributed by atoms with Crippen LogP contribution in [0, 0.1) is 17.5 Å². The third-order valence-electron chi connectivity index (χ3n) is 5.90. The number of primary amides is 1. The van der Waals surface area contributed by atoms with Crippen molar-refractivity contribution in [2.24, 2.45) is 5.73 Å². The lowest BCUT2D eigenvalue weighted by Crippen LogP contribution is -2.56. The van der Waals surface area contributed by atoms with Crippen molar-refractivity contribution in [3.63, 3.8) is 0 Å². The Bertz CT molecular complexity index is 1310. The second-order valence-corrected chi connectivity index (χ2v) is 8.09. The Morgan fingerprint density at radius 1 is 1.09 bits per heavy atom. The van der Waals surface area contributed by atoms with E-state index in [1.54, 1.807) is 18.2 Å². The first kappa shape index (κ1) is 23.8. The lowest BCUT2D eigenvalue weighted by atomic mass is 9.89. The highest BCUT2D eigenvalue weighted by Crippen LogP contribution is 2.31. The van der Waals surface area contributed by atoms with Crippen molar-refractivity contribution in [3.8, 4) is 16.9 Å². The number of fused-ring (bicyclic) bond motifs is 1. The van der Waals surface area contributed by atoms with Gasteiger partial charge in [-0.25, -0.2) is 18.0 Å². The second-order valence-electron chi connectivity index (χ2n) is 8.09. The molecule has 1 atom stereocenters. The summed E-state index contributed by atoms with van der Waals surface area (Å²) in [5.41, 5.74) is 5.47. The smallest absolute Gasteiger partial charge is 0.313 e. The molecule has 3 N–H and O–H groups in total. The molecule has 3 aromatic rings. The van der Waals surface area contributed by atoms with Gasteiger partial charge in [0.25, 0.3) is 5.91 Å². The lowest BCUT2D eigenvalue weighted by Gasteiger charge is -2.33. The monoisotopic (exact) mass is 483 g/mol. The van der Waals surface area contributed by atoms with Crippen molar-refractivity contribution < 1.29 is 32.3 Å². The van der Waals surface area contributed by atoms with Crippen LogP contribution in [-0.4, -0.2) is 36.8 Å². The van der Waals surface area contributed by atoms with E-state index in [0.29, 0.717) is 28.7 Å². The van der Waals surface area contributed by atoms with Gasteiger partial charge in [-0.05, 0) is 52.6 Å². The normalized spacial score (nSPS) is 14.3. The molecule has 3 amide bonds. The summed E-state index contributed by atoms with van der Waals surface area (Å²) in [5, 5.41) is 2.42. The number of hydrogen-bond donors (Lipinski definition) is 2. The summed E-state index contributed by atoms with van der Waals surface area (Å²) in [6, 6.07) is 11.5. The summed E-state index contributed by atoms with van der Waals surface area (Å²) in [6.07, 6.45) is 0.473.